The molecule has 8 heteroatoms. The molecule has 0 aliphatic carbocycles. The maximum atomic E-state index is 13.0. The van der Waals surface area contributed by atoms with E-state index in [0.29, 0.717) is 31.3 Å². The predicted molar refractivity (Wildman–Crippen MR) is 112 cm³/mol. The molecule has 1 aromatic carbocycles. The lowest BCUT2D eigenvalue weighted by Crippen LogP contribution is -2.45. The highest BCUT2D eigenvalue weighted by atomic mass is 79.9. The Morgan fingerprint density at radius 3 is 2.76 bits per heavy atom. The first-order valence-electron chi connectivity index (χ1n) is 9.80. The van der Waals surface area contributed by atoms with E-state index < -0.39 is 0 Å². The van der Waals surface area contributed by atoms with Crippen LogP contribution in [-0.4, -0.2) is 52.4 Å². The van der Waals surface area contributed by atoms with Crippen molar-refractivity contribution in [3.63, 3.8) is 0 Å². The van der Waals surface area contributed by atoms with Crippen molar-refractivity contribution in [1.82, 2.24) is 14.9 Å². The Morgan fingerprint density at radius 2 is 2.03 bits per heavy atom. The molecule has 29 heavy (non-hydrogen) atoms. The first-order valence-corrected chi connectivity index (χ1v) is 10.6. The van der Waals surface area contributed by atoms with Crippen LogP contribution in [0.2, 0.25) is 0 Å². The fourth-order valence-electron chi connectivity index (χ4n) is 3.89. The predicted octanol–water partition coefficient (Wildman–Crippen LogP) is 2.97. The number of likely N-dealkylation sites (tertiary alicyclic amines) is 1. The van der Waals surface area contributed by atoms with Gasteiger partial charge in [0.1, 0.15) is 11.9 Å². The number of amides is 2. The molecule has 7 nitrogen and oxygen atoms in total. The maximum Gasteiger partial charge on any atom is 0.228 e. The van der Waals surface area contributed by atoms with Crippen LogP contribution in [0.5, 0.6) is 5.88 Å². The third-order valence-corrected chi connectivity index (χ3v) is 5.88. The van der Waals surface area contributed by atoms with Crippen molar-refractivity contribution in [1.29, 1.82) is 0 Å². The van der Waals surface area contributed by atoms with E-state index in [2.05, 4.69) is 25.9 Å². The standard InChI is InChI=1S/C21H23BrN4O3/c1-14-23-8-5-19(24-14)29-18-6-9-25(10-7-18)21(28)15-11-20(27)26(13-15)17-4-2-3-16(22)12-17/h2-5,8,12,15,18H,6-7,9-11,13H2,1H3. The van der Waals surface area contributed by atoms with Crippen LogP contribution >= 0.6 is 15.9 Å². The summed E-state index contributed by atoms with van der Waals surface area (Å²) in [5.74, 6) is 1.03. The summed E-state index contributed by atoms with van der Waals surface area (Å²) in [6, 6.07) is 9.37. The van der Waals surface area contributed by atoms with E-state index in [0.717, 1.165) is 23.0 Å². The third kappa shape index (κ3) is 4.58. The molecule has 2 saturated heterocycles. The second-order valence-corrected chi connectivity index (χ2v) is 8.39. The Bertz CT molecular complexity index is 914. The molecule has 2 aromatic rings. The molecule has 0 radical (unpaired) electrons. The maximum absolute atomic E-state index is 13.0. The highest BCUT2D eigenvalue weighted by Crippen LogP contribution is 2.29. The van der Waals surface area contributed by atoms with Gasteiger partial charge in [-0.25, -0.2) is 4.98 Å². The molecule has 0 spiro atoms. The number of aryl methyl sites for hydroxylation is 1. The minimum absolute atomic E-state index is 0.00111. The fourth-order valence-corrected chi connectivity index (χ4v) is 4.28. The third-order valence-electron chi connectivity index (χ3n) is 5.39. The highest BCUT2D eigenvalue weighted by Gasteiger charge is 2.38. The van der Waals surface area contributed by atoms with Gasteiger partial charge in [-0.3, -0.25) is 9.59 Å². The quantitative estimate of drug-likeness (QED) is 0.703. The smallest absolute Gasteiger partial charge is 0.228 e. The average molecular weight is 459 g/mol. The van der Waals surface area contributed by atoms with Crippen LogP contribution in [0.25, 0.3) is 0 Å². The number of anilines is 1. The Hall–Kier alpha value is -2.48. The van der Waals surface area contributed by atoms with E-state index in [1.54, 1.807) is 17.2 Å². The molecule has 1 atom stereocenters. The second-order valence-electron chi connectivity index (χ2n) is 7.47. The van der Waals surface area contributed by atoms with Gasteiger partial charge in [-0.15, -0.1) is 0 Å². The first kappa shape index (κ1) is 19.8. The number of halogens is 1. The number of benzene rings is 1. The van der Waals surface area contributed by atoms with Gasteiger partial charge in [0, 0.05) is 61.3 Å². The minimum atomic E-state index is -0.288. The lowest BCUT2D eigenvalue weighted by atomic mass is 10.0. The normalized spacial score (nSPS) is 20.2. The average Bonchev–Trinajstić information content (AvgIpc) is 3.10. The summed E-state index contributed by atoms with van der Waals surface area (Å²) in [6.07, 6.45) is 3.50. The van der Waals surface area contributed by atoms with E-state index in [1.165, 1.54) is 0 Å². The van der Waals surface area contributed by atoms with Crippen LogP contribution in [0.15, 0.2) is 41.0 Å². The minimum Gasteiger partial charge on any atom is -0.474 e. The number of piperidine rings is 1. The van der Waals surface area contributed by atoms with Gasteiger partial charge in [0.05, 0.1) is 5.92 Å². The van der Waals surface area contributed by atoms with Gasteiger partial charge >= 0.3 is 0 Å². The summed E-state index contributed by atoms with van der Waals surface area (Å²) in [6.45, 7) is 3.53. The van der Waals surface area contributed by atoms with Crippen LogP contribution < -0.4 is 9.64 Å². The van der Waals surface area contributed by atoms with Crippen LogP contribution in [0, 0.1) is 12.8 Å². The Labute approximate surface area is 178 Å². The van der Waals surface area contributed by atoms with Gasteiger partial charge in [0.2, 0.25) is 17.7 Å². The van der Waals surface area contributed by atoms with Crippen molar-refractivity contribution in [3.05, 3.63) is 46.8 Å². The van der Waals surface area contributed by atoms with Crippen LogP contribution in [0.3, 0.4) is 0 Å². The summed E-state index contributed by atoms with van der Waals surface area (Å²) in [4.78, 5) is 37.4. The van der Waals surface area contributed by atoms with Crippen molar-refractivity contribution < 1.29 is 14.3 Å². The number of hydrogen-bond donors (Lipinski definition) is 0. The monoisotopic (exact) mass is 458 g/mol. The zero-order valence-electron chi connectivity index (χ0n) is 16.3. The Kier molecular flexibility index (Phi) is 5.80. The zero-order chi connectivity index (χ0) is 20.4. The van der Waals surface area contributed by atoms with Gasteiger partial charge in [-0.1, -0.05) is 22.0 Å². The molecule has 0 bridgehead atoms. The summed E-state index contributed by atoms with van der Waals surface area (Å²) in [7, 11) is 0. The molecular formula is C21H23BrN4O3. The number of aromatic nitrogens is 2. The lowest BCUT2D eigenvalue weighted by molar-refractivity contribution is -0.137. The van der Waals surface area contributed by atoms with Crippen molar-refractivity contribution in [2.75, 3.05) is 24.5 Å². The molecular weight excluding hydrogens is 436 g/mol. The molecule has 2 fully saturated rings. The van der Waals surface area contributed by atoms with E-state index in [9.17, 15) is 9.59 Å². The number of ether oxygens (including phenoxy) is 1. The largest absolute Gasteiger partial charge is 0.474 e. The van der Waals surface area contributed by atoms with Crippen molar-refractivity contribution >= 4 is 33.4 Å². The van der Waals surface area contributed by atoms with Crippen LogP contribution in [0.4, 0.5) is 5.69 Å². The Balaban J connectivity index is 1.32. The number of carbonyl (C=O) groups excluding carboxylic acids is 2. The zero-order valence-corrected chi connectivity index (χ0v) is 17.8. The summed E-state index contributed by atoms with van der Waals surface area (Å²) < 4.78 is 6.85. The van der Waals surface area contributed by atoms with Crippen molar-refractivity contribution in [2.24, 2.45) is 5.92 Å². The number of rotatable bonds is 4. The van der Waals surface area contributed by atoms with Crippen LogP contribution in [-0.2, 0) is 9.59 Å². The molecule has 0 N–H and O–H groups in total. The molecule has 1 unspecified atom stereocenters. The van der Waals surface area contributed by atoms with Crippen molar-refractivity contribution in [3.8, 4) is 5.88 Å². The topological polar surface area (TPSA) is 75.6 Å². The van der Waals surface area contributed by atoms with E-state index in [-0.39, 0.29) is 30.3 Å². The number of nitrogens with zero attached hydrogens (tertiary/aromatic N) is 4. The summed E-state index contributed by atoms with van der Waals surface area (Å²) in [5, 5.41) is 0. The molecule has 2 aliphatic rings. The van der Waals surface area contributed by atoms with Gasteiger partial charge in [-0.2, -0.15) is 4.98 Å². The molecule has 1 aromatic heterocycles. The Morgan fingerprint density at radius 1 is 1.24 bits per heavy atom. The molecule has 3 heterocycles. The second kappa shape index (κ2) is 8.49. The highest BCUT2D eigenvalue weighted by molar-refractivity contribution is 9.10. The van der Waals surface area contributed by atoms with E-state index in [1.807, 2.05) is 36.1 Å². The summed E-state index contributed by atoms with van der Waals surface area (Å²) in [5.41, 5.74) is 0.826. The molecule has 2 amide bonds. The molecule has 0 saturated carbocycles. The lowest BCUT2D eigenvalue weighted by Gasteiger charge is -2.33. The molecule has 152 valence electrons. The van der Waals surface area contributed by atoms with Gasteiger partial charge in [0.15, 0.2) is 0 Å². The van der Waals surface area contributed by atoms with Crippen LogP contribution in [0.1, 0.15) is 25.1 Å². The number of carbonyl (C=O) groups is 2. The number of hydrogen-bond acceptors (Lipinski definition) is 5. The first-order chi connectivity index (χ1) is 14.0. The van der Waals surface area contributed by atoms with Gasteiger partial charge in [0.25, 0.3) is 0 Å². The molecule has 2 aliphatic heterocycles. The molecule has 4 rings (SSSR count). The fraction of sp³-hybridized carbons (Fsp3) is 0.429. The summed E-state index contributed by atoms with van der Waals surface area (Å²) >= 11 is 3.44. The van der Waals surface area contributed by atoms with E-state index >= 15 is 0 Å². The van der Waals surface area contributed by atoms with Gasteiger partial charge in [-0.05, 0) is 25.1 Å². The van der Waals surface area contributed by atoms with Crippen molar-refractivity contribution in [2.45, 2.75) is 32.3 Å². The van der Waals surface area contributed by atoms with E-state index in [4.69, 9.17) is 4.74 Å². The SMILES string of the molecule is Cc1nccc(OC2CCN(C(=O)C3CC(=O)N(c4cccc(Br)c4)C3)CC2)n1. The van der Waals surface area contributed by atoms with Gasteiger partial charge < -0.3 is 14.5 Å².